The van der Waals surface area contributed by atoms with Gasteiger partial charge < -0.3 is 15.2 Å². The number of nitrogens with one attached hydrogen (secondary N) is 1. The zero-order chi connectivity index (χ0) is 12.3. The average Bonchev–Trinajstić information content (AvgIpc) is 3.01. The number of nitrogens with zero attached hydrogens (tertiary/aromatic N) is 1. The molecule has 0 radical (unpaired) electrons. The van der Waals surface area contributed by atoms with Crippen molar-refractivity contribution in [3.63, 3.8) is 0 Å². The Balaban J connectivity index is 1.70. The predicted molar refractivity (Wildman–Crippen MR) is 65.8 cm³/mol. The summed E-state index contributed by atoms with van der Waals surface area (Å²) in [7, 11) is 0. The van der Waals surface area contributed by atoms with Gasteiger partial charge in [0.05, 0.1) is 12.3 Å². The molecule has 5 nitrogen and oxygen atoms in total. The molecule has 94 valence electrons. The normalized spacial score (nSPS) is 14.9. The van der Waals surface area contributed by atoms with Gasteiger partial charge in [0.25, 0.3) is 0 Å². The lowest BCUT2D eigenvalue weighted by molar-refractivity contribution is 0.0701. The molecule has 0 spiro atoms. The van der Waals surface area contributed by atoms with E-state index < -0.39 is 5.97 Å². The van der Waals surface area contributed by atoms with Crippen molar-refractivity contribution < 1.29 is 14.6 Å². The Kier molecular flexibility index (Phi) is 3.96. The first-order chi connectivity index (χ1) is 8.16. The van der Waals surface area contributed by atoms with E-state index >= 15 is 0 Å². The maximum atomic E-state index is 10.8. The van der Waals surface area contributed by atoms with Gasteiger partial charge in [-0.1, -0.05) is 11.3 Å². The molecule has 0 unspecified atom stereocenters. The van der Waals surface area contributed by atoms with Crippen LogP contribution in [0, 0.1) is 12.8 Å². The number of carboxylic acids is 1. The van der Waals surface area contributed by atoms with Crippen molar-refractivity contribution in [1.82, 2.24) is 4.98 Å². The standard InChI is InChI=1S/C11H16N2O3S/c1-7-9(10(14)15)17-11(13-7)12-4-5-16-6-8-2-3-8/h8H,2-6H2,1H3,(H,12,13)(H,14,15). The maximum Gasteiger partial charge on any atom is 0.347 e. The molecule has 1 heterocycles. The Morgan fingerprint density at radius 3 is 3.00 bits per heavy atom. The second kappa shape index (κ2) is 5.46. The lowest BCUT2D eigenvalue weighted by Crippen LogP contribution is -2.10. The Hall–Kier alpha value is -1.14. The summed E-state index contributed by atoms with van der Waals surface area (Å²) in [6.45, 7) is 3.85. The van der Waals surface area contributed by atoms with E-state index in [1.807, 2.05) is 0 Å². The number of anilines is 1. The summed E-state index contributed by atoms with van der Waals surface area (Å²) in [5, 5.41) is 12.6. The van der Waals surface area contributed by atoms with E-state index in [1.165, 1.54) is 24.2 Å². The van der Waals surface area contributed by atoms with E-state index in [9.17, 15) is 4.79 Å². The molecule has 1 aromatic rings. The first-order valence-electron chi connectivity index (χ1n) is 5.69. The number of aryl methyl sites for hydroxylation is 1. The quantitative estimate of drug-likeness (QED) is 0.730. The van der Waals surface area contributed by atoms with Crippen molar-refractivity contribution in [3.05, 3.63) is 10.6 Å². The van der Waals surface area contributed by atoms with E-state index in [2.05, 4.69) is 10.3 Å². The van der Waals surface area contributed by atoms with Crippen LogP contribution in [0.15, 0.2) is 0 Å². The summed E-state index contributed by atoms with van der Waals surface area (Å²) in [6.07, 6.45) is 2.59. The average molecular weight is 256 g/mol. The van der Waals surface area contributed by atoms with Gasteiger partial charge in [-0.2, -0.15) is 0 Å². The molecule has 1 aromatic heterocycles. The van der Waals surface area contributed by atoms with Gasteiger partial charge in [0.15, 0.2) is 5.13 Å². The van der Waals surface area contributed by atoms with Gasteiger partial charge in [-0.3, -0.25) is 0 Å². The van der Waals surface area contributed by atoms with Gasteiger partial charge >= 0.3 is 5.97 Å². The van der Waals surface area contributed by atoms with Crippen LogP contribution in [-0.4, -0.2) is 35.8 Å². The van der Waals surface area contributed by atoms with Crippen molar-refractivity contribution in [1.29, 1.82) is 0 Å². The van der Waals surface area contributed by atoms with Crippen LogP contribution in [0.5, 0.6) is 0 Å². The van der Waals surface area contributed by atoms with E-state index in [-0.39, 0.29) is 0 Å². The number of aromatic nitrogens is 1. The number of rotatable bonds is 7. The minimum atomic E-state index is -0.918. The molecule has 2 N–H and O–H groups in total. The van der Waals surface area contributed by atoms with E-state index in [0.29, 0.717) is 28.9 Å². The van der Waals surface area contributed by atoms with Crippen LogP contribution in [0.3, 0.4) is 0 Å². The van der Waals surface area contributed by atoms with Crippen molar-refractivity contribution in [2.24, 2.45) is 5.92 Å². The Labute approximate surface area is 104 Å². The van der Waals surface area contributed by atoms with Gasteiger partial charge in [0.2, 0.25) is 0 Å². The first-order valence-corrected chi connectivity index (χ1v) is 6.51. The molecule has 17 heavy (non-hydrogen) atoms. The SMILES string of the molecule is Cc1nc(NCCOCC2CC2)sc1C(=O)O. The molecule has 0 aliphatic heterocycles. The number of thiazole rings is 1. The fourth-order valence-electron chi connectivity index (χ4n) is 1.44. The number of aromatic carboxylic acids is 1. The zero-order valence-electron chi connectivity index (χ0n) is 9.73. The van der Waals surface area contributed by atoms with Gasteiger partial charge in [-0.25, -0.2) is 9.78 Å². The summed E-state index contributed by atoms with van der Waals surface area (Å²) in [6, 6.07) is 0. The summed E-state index contributed by atoms with van der Waals surface area (Å²) in [5.74, 6) is -0.145. The number of ether oxygens (including phenoxy) is 1. The molecule has 0 atom stereocenters. The summed E-state index contributed by atoms with van der Waals surface area (Å²) in [5.41, 5.74) is 0.559. The highest BCUT2D eigenvalue weighted by molar-refractivity contribution is 7.17. The minimum absolute atomic E-state index is 0.298. The van der Waals surface area contributed by atoms with Crippen LogP contribution in [0.4, 0.5) is 5.13 Å². The monoisotopic (exact) mass is 256 g/mol. The lowest BCUT2D eigenvalue weighted by Gasteiger charge is -2.03. The maximum absolute atomic E-state index is 10.8. The molecule has 6 heteroatoms. The smallest absolute Gasteiger partial charge is 0.347 e. The highest BCUT2D eigenvalue weighted by atomic mass is 32.1. The third kappa shape index (κ3) is 3.67. The second-order valence-corrected chi connectivity index (χ2v) is 5.18. The molecule has 1 aliphatic rings. The van der Waals surface area contributed by atoms with E-state index in [0.717, 1.165) is 12.5 Å². The lowest BCUT2D eigenvalue weighted by atomic mass is 10.4. The van der Waals surface area contributed by atoms with Crippen molar-refractivity contribution >= 4 is 22.4 Å². The van der Waals surface area contributed by atoms with E-state index in [1.54, 1.807) is 6.92 Å². The predicted octanol–water partition coefficient (Wildman–Crippen LogP) is 1.99. The van der Waals surface area contributed by atoms with E-state index in [4.69, 9.17) is 9.84 Å². The van der Waals surface area contributed by atoms with Crippen LogP contribution in [-0.2, 0) is 4.74 Å². The number of hydrogen-bond acceptors (Lipinski definition) is 5. The summed E-state index contributed by atoms with van der Waals surface area (Å²) >= 11 is 1.17. The van der Waals surface area contributed by atoms with Crippen LogP contribution in [0.2, 0.25) is 0 Å². The highest BCUT2D eigenvalue weighted by Crippen LogP contribution is 2.28. The largest absolute Gasteiger partial charge is 0.477 e. The Morgan fingerprint density at radius 2 is 2.41 bits per heavy atom. The van der Waals surface area contributed by atoms with Crippen molar-refractivity contribution in [2.45, 2.75) is 19.8 Å². The van der Waals surface area contributed by atoms with Crippen LogP contribution >= 0.6 is 11.3 Å². The molecular weight excluding hydrogens is 240 g/mol. The molecule has 0 aromatic carbocycles. The van der Waals surface area contributed by atoms with Crippen LogP contribution in [0.1, 0.15) is 28.2 Å². The molecule has 1 aliphatic carbocycles. The molecule has 1 fully saturated rings. The fraction of sp³-hybridized carbons (Fsp3) is 0.636. The molecule has 2 rings (SSSR count). The van der Waals surface area contributed by atoms with Gasteiger partial charge in [0.1, 0.15) is 4.88 Å². The summed E-state index contributed by atoms with van der Waals surface area (Å²) in [4.78, 5) is 15.3. The molecule has 1 saturated carbocycles. The van der Waals surface area contributed by atoms with Gasteiger partial charge in [-0.15, -0.1) is 0 Å². The first kappa shape index (κ1) is 12.3. The second-order valence-electron chi connectivity index (χ2n) is 4.18. The van der Waals surface area contributed by atoms with Gasteiger partial charge in [-0.05, 0) is 25.7 Å². The zero-order valence-corrected chi connectivity index (χ0v) is 10.5. The van der Waals surface area contributed by atoms with Crippen LogP contribution in [0.25, 0.3) is 0 Å². The number of carbonyl (C=O) groups is 1. The number of hydrogen-bond donors (Lipinski definition) is 2. The fourth-order valence-corrected chi connectivity index (χ4v) is 2.27. The highest BCUT2D eigenvalue weighted by Gasteiger charge is 2.20. The topological polar surface area (TPSA) is 71.5 Å². The summed E-state index contributed by atoms with van der Waals surface area (Å²) < 4.78 is 5.46. The minimum Gasteiger partial charge on any atom is -0.477 e. The third-order valence-corrected chi connectivity index (χ3v) is 3.67. The van der Waals surface area contributed by atoms with Crippen molar-refractivity contribution in [3.8, 4) is 0 Å². The van der Waals surface area contributed by atoms with Crippen molar-refractivity contribution in [2.75, 3.05) is 25.1 Å². The third-order valence-electron chi connectivity index (χ3n) is 2.56. The molecule has 0 bridgehead atoms. The van der Waals surface area contributed by atoms with Gasteiger partial charge in [0, 0.05) is 13.2 Å². The Morgan fingerprint density at radius 1 is 1.65 bits per heavy atom. The number of carboxylic acid groups (broad SMARTS) is 1. The Bertz CT molecular complexity index is 401. The van der Waals surface area contributed by atoms with Crippen LogP contribution < -0.4 is 5.32 Å². The molecular formula is C11H16N2O3S. The molecule has 0 saturated heterocycles. The molecule has 0 amide bonds.